The lowest BCUT2D eigenvalue weighted by molar-refractivity contribution is -0.121. The molecule has 0 spiro atoms. The Hall–Kier alpha value is -1.82. The van der Waals surface area contributed by atoms with Crippen molar-refractivity contribution in [1.82, 2.24) is 10.6 Å². The van der Waals surface area contributed by atoms with Crippen LogP contribution < -0.4 is 10.6 Å². The van der Waals surface area contributed by atoms with Crippen molar-refractivity contribution >= 4 is 11.8 Å². The van der Waals surface area contributed by atoms with Gasteiger partial charge in [-0.1, -0.05) is 0 Å². The van der Waals surface area contributed by atoms with Gasteiger partial charge in [-0.3, -0.25) is 9.59 Å². The molecule has 1 aliphatic rings. The highest BCUT2D eigenvalue weighted by Crippen LogP contribution is 2.17. The van der Waals surface area contributed by atoms with Crippen LogP contribution in [0.2, 0.25) is 0 Å². The highest BCUT2D eigenvalue weighted by molar-refractivity contribution is 5.97. The van der Waals surface area contributed by atoms with Crippen LogP contribution in [0.3, 0.4) is 0 Å². The van der Waals surface area contributed by atoms with E-state index in [2.05, 4.69) is 10.6 Å². The van der Waals surface area contributed by atoms with E-state index < -0.39 is 0 Å². The molecule has 0 saturated carbocycles. The number of nitrogens with one attached hydrogen (secondary N) is 2. The number of rotatable bonds is 4. The first-order chi connectivity index (χ1) is 9.39. The molecule has 2 rings (SSSR count). The summed E-state index contributed by atoms with van der Waals surface area (Å²) in [7, 11) is 0. The molecule has 110 valence electrons. The molecule has 2 N–H and O–H groups in total. The summed E-state index contributed by atoms with van der Waals surface area (Å²) in [6, 6.07) is 1.66. The number of aryl methyl sites for hydroxylation is 2. The predicted molar refractivity (Wildman–Crippen MR) is 72.5 cm³/mol. The van der Waals surface area contributed by atoms with E-state index in [0.717, 1.165) is 6.42 Å². The van der Waals surface area contributed by atoms with Gasteiger partial charge in [-0.25, -0.2) is 0 Å². The van der Waals surface area contributed by atoms with Gasteiger partial charge in [0.25, 0.3) is 5.91 Å². The lowest BCUT2D eigenvalue weighted by Gasteiger charge is -2.23. The molecule has 2 heterocycles. The summed E-state index contributed by atoms with van der Waals surface area (Å²) in [6.45, 7) is 6.53. The zero-order valence-corrected chi connectivity index (χ0v) is 12.0. The molecule has 1 aromatic heterocycles. The Morgan fingerprint density at radius 3 is 2.70 bits per heavy atom. The molecule has 0 radical (unpaired) electrons. The minimum Gasteiger partial charge on any atom is -0.466 e. The summed E-state index contributed by atoms with van der Waals surface area (Å²) in [5, 5.41) is 5.47. The number of hydrogen-bond acceptors (Lipinski definition) is 4. The molecule has 6 heteroatoms. The van der Waals surface area contributed by atoms with Crippen molar-refractivity contribution in [1.29, 1.82) is 0 Å². The second-order valence-electron chi connectivity index (χ2n) is 5.42. The van der Waals surface area contributed by atoms with Crippen molar-refractivity contribution in [2.45, 2.75) is 32.7 Å². The highest BCUT2D eigenvalue weighted by atomic mass is 16.5. The van der Waals surface area contributed by atoms with E-state index in [9.17, 15) is 9.59 Å². The van der Waals surface area contributed by atoms with Crippen molar-refractivity contribution < 1.29 is 18.7 Å². The van der Waals surface area contributed by atoms with Crippen molar-refractivity contribution in [2.24, 2.45) is 0 Å². The first kappa shape index (κ1) is 14.6. The van der Waals surface area contributed by atoms with Crippen LogP contribution in [0.1, 0.15) is 35.2 Å². The Kier molecular flexibility index (Phi) is 4.13. The minimum atomic E-state index is -0.329. The van der Waals surface area contributed by atoms with Crippen molar-refractivity contribution in [3.05, 3.63) is 23.2 Å². The Bertz CT molecular complexity index is 515. The second kappa shape index (κ2) is 5.66. The zero-order chi connectivity index (χ0) is 14.8. The topological polar surface area (TPSA) is 80.6 Å². The van der Waals surface area contributed by atoms with Gasteiger partial charge in [0.2, 0.25) is 5.91 Å². The van der Waals surface area contributed by atoms with Gasteiger partial charge in [-0.2, -0.15) is 0 Å². The summed E-state index contributed by atoms with van der Waals surface area (Å²) in [5.41, 5.74) is 0.134. The van der Waals surface area contributed by atoms with E-state index in [1.807, 2.05) is 6.92 Å². The third-order valence-corrected chi connectivity index (χ3v) is 3.36. The number of carbonyl (C=O) groups excluding carboxylic acids is 2. The molecule has 1 aliphatic heterocycles. The molecule has 1 atom stereocenters. The molecule has 1 fully saturated rings. The summed E-state index contributed by atoms with van der Waals surface area (Å²) >= 11 is 0. The van der Waals surface area contributed by atoms with Gasteiger partial charge in [-0.05, 0) is 33.3 Å². The number of amides is 2. The van der Waals surface area contributed by atoms with Gasteiger partial charge in [0, 0.05) is 6.61 Å². The van der Waals surface area contributed by atoms with Crippen LogP contribution in [0.25, 0.3) is 0 Å². The van der Waals surface area contributed by atoms with Crippen LogP contribution in [0, 0.1) is 13.8 Å². The summed E-state index contributed by atoms with van der Waals surface area (Å²) in [6.07, 6.45) is 0.784. The first-order valence-electron chi connectivity index (χ1n) is 6.64. The molecular formula is C14H20N2O4. The normalized spacial score (nSPS) is 21.8. The van der Waals surface area contributed by atoms with E-state index in [1.54, 1.807) is 19.9 Å². The molecule has 0 aliphatic carbocycles. The van der Waals surface area contributed by atoms with Gasteiger partial charge < -0.3 is 19.8 Å². The second-order valence-corrected chi connectivity index (χ2v) is 5.42. The van der Waals surface area contributed by atoms with Crippen LogP contribution in [-0.4, -0.2) is 37.1 Å². The molecule has 20 heavy (non-hydrogen) atoms. The average Bonchev–Trinajstić information content (AvgIpc) is 2.92. The molecule has 1 unspecified atom stereocenters. The van der Waals surface area contributed by atoms with E-state index >= 15 is 0 Å². The highest BCUT2D eigenvalue weighted by Gasteiger charge is 2.31. The van der Waals surface area contributed by atoms with Crippen LogP contribution in [0.4, 0.5) is 0 Å². The predicted octanol–water partition coefficient (Wildman–Crippen LogP) is 0.921. The smallest absolute Gasteiger partial charge is 0.255 e. The van der Waals surface area contributed by atoms with Gasteiger partial charge in [-0.15, -0.1) is 0 Å². The lowest BCUT2D eigenvalue weighted by atomic mass is 10.0. The fourth-order valence-electron chi connectivity index (χ4n) is 2.26. The van der Waals surface area contributed by atoms with Gasteiger partial charge in [0.15, 0.2) is 0 Å². The Balaban J connectivity index is 1.84. The summed E-state index contributed by atoms with van der Waals surface area (Å²) in [5.74, 6) is 0.704. The fourth-order valence-corrected chi connectivity index (χ4v) is 2.26. The molecule has 0 bridgehead atoms. The van der Waals surface area contributed by atoms with Gasteiger partial charge >= 0.3 is 0 Å². The maximum absolute atomic E-state index is 11.9. The fraction of sp³-hybridized carbons (Fsp3) is 0.571. The van der Waals surface area contributed by atoms with Crippen LogP contribution in [-0.2, 0) is 9.53 Å². The largest absolute Gasteiger partial charge is 0.466 e. The minimum absolute atomic E-state index is 0.0574. The number of furan rings is 1. The number of hydrogen-bond donors (Lipinski definition) is 2. The number of ether oxygens (including phenoxy) is 1. The Morgan fingerprint density at radius 1 is 1.40 bits per heavy atom. The molecule has 1 saturated heterocycles. The Morgan fingerprint density at radius 2 is 2.15 bits per heavy atom. The third kappa shape index (κ3) is 3.39. The standard InChI is InChI=1S/C14H20N2O4/c1-9-6-11(10(2)20-9)13(18)15-7-12(17)16-14(3)4-5-19-8-14/h6H,4-5,7-8H2,1-3H3,(H,15,18)(H,16,17). The van der Waals surface area contributed by atoms with Crippen LogP contribution in [0.5, 0.6) is 0 Å². The zero-order valence-electron chi connectivity index (χ0n) is 12.0. The molecule has 6 nitrogen and oxygen atoms in total. The van der Waals surface area contributed by atoms with Crippen molar-refractivity contribution in [3.63, 3.8) is 0 Å². The molecular weight excluding hydrogens is 260 g/mol. The van der Waals surface area contributed by atoms with E-state index in [1.165, 1.54) is 0 Å². The molecule has 2 amide bonds. The van der Waals surface area contributed by atoms with E-state index in [4.69, 9.17) is 9.15 Å². The van der Waals surface area contributed by atoms with Gasteiger partial charge in [0.05, 0.1) is 24.3 Å². The monoisotopic (exact) mass is 280 g/mol. The molecule has 1 aromatic rings. The Labute approximate surface area is 117 Å². The lowest BCUT2D eigenvalue weighted by Crippen LogP contribution is -2.50. The summed E-state index contributed by atoms with van der Waals surface area (Å²) in [4.78, 5) is 23.7. The van der Waals surface area contributed by atoms with Gasteiger partial charge in [0.1, 0.15) is 11.5 Å². The maximum Gasteiger partial charge on any atom is 0.255 e. The molecule has 0 aromatic carbocycles. The maximum atomic E-state index is 11.9. The van der Waals surface area contributed by atoms with Crippen molar-refractivity contribution in [3.8, 4) is 0 Å². The van der Waals surface area contributed by atoms with E-state index in [0.29, 0.717) is 30.3 Å². The van der Waals surface area contributed by atoms with Crippen LogP contribution >= 0.6 is 0 Å². The third-order valence-electron chi connectivity index (χ3n) is 3.36. The quantitative estimate of drug-likeness (QED) is 0.859. The van der Waals surface area contributed by atoms with Crippen molar-refractivity contribution in [2.75, 3.05) is 19.8 Å². The van der Waals surface area contributed by atoms with Crippen LogP contribution in [0.15, 0.2) is 10.5 Å². The number of carbonyl (C=O) groups is 2. The average molecular weight is 280 g/mol. The summed E-state index contributed by atoms with van der Waals surface area (Å²) < 4.78 is 10.5. The SMILES string of the molecule is Cc1cc(C(=O)NCC(=O)NC2(C)CCOC2)c(C)o1. The first-order valence-corrected chi connectivity index (χ1v) is 6.64. The van der Waals surface area contributed by atoms with E-state index in [-0.39, 0.29) is 23.9 Å².